The second-order valence-electron chi connectivity index (χ2n) is 6.18. The third-order valence-electron chi connectivity index (χ3n) is 4.27. The van der Waals surface area contributed by atoms with Crippen molar-refractivity contribution in [2.24, 2.45) is 0 Å². The Labute approximate surface area is 127 Å². The van der Waals surface area contributed by atoms with Gasteiger partial charge in [0.05, 0.1) is 23.7 Å². The zero-order valence-electron chi connectivity index (χ0n) is 12.7. The number of ketones is 1. The highest BCUT2D eigenvalue weighted by Crippen LogP contribution is 2.45. The molecule has 0 spiro atoms. The fraction of sp³-hybridized carbons (Fsp3) is 0.353. The molecule has 116 valence electrons. The molecule has 0 saturated carbocycles. The molecule has 2 aromatic rings. The Balaban J connectivity index is 2.39. The van der Waals surface area contributed by atoms with Gasteiger partial charge in [0.25, 0.3) is 0 Å². The molecule has 1 atom stereocenters. The van der Waals surface area contributed by atoms with Crippen LogP contribution in [0.15, 0.2) is 12.1 Å². The Bertz CT molecular complexity index is 805. The maximum absolute atomic E-state index is 12.3. The summed E-state index contributed by atoms with van der Waals surface area (Å²) in [7, 11) is 1.50. The van der Waals surface area contributed by atoms with Crippen LogP contribution in [0.5, 0.6) is 17.2 Å². The summed E-state index contributed by atoms with van der Waals surface area (Å²) < 4.78 is 5.22. The van der Waals surface area contributed by atoms with E-state index in [0.29, 0.717) is 22.3 Å². The molecule has 22 heavy (non-hydrogen) atoms. The molecule has 0 saturated heterocycles. The molecular weight excluding hydrogens is 284 g/mol. The van der Waals surface area contributed by atoms with Crippen LogP contribution in [0.4, 0.5) is 0 Å². The van der Waals surface area contributed by atoms with Gasteiger partial charge in [-0.1, -0.05) is 0 Å². The molecule has 0 amide bonds. The van der Waals surface area contributed by atoms with Gasteiger partial charge in [0.2, 0.25) is 0 Å². The van der Waals surface area contributed by atoms with Gasteiger partial charge in [0, 0.05) is 18.4 Å². The van der Waals surface area contributed by atoms with E-state index in [4.69, 9.17) is 4.74 Å². The van der Waals surface area contributed by atoms with Crippen LogP contribution in [-0.4, -0.2) is 33.8 Å². The van der Waals surface area contributed by atoms with E-state index in [-0.39, 0.29) is 41.1 Å². The van der Waals surface area contributed by atoms with E-state index < -0.39 is 5.60 Å². The zero-order valence-corrected chi connectivity index (χ0v) is 12.7. The minimum Gasteiger partial charge on any atom is -0.507 e. The fourth-order valence-corrected chi connectivity index (χ4v) is 3.23. The average Bonchev–Trinajstić information content (AvgIpc) is 2.40. The molecule has 3 N–H and O–H groups in total. The van der Waals surface area contributed by atoms with Crippen molar-refractivity contribution in [2.45, 2.75) is 32.3 Å². The van der Waals surface area contributed by atoms with E-state index >= 15 is 0 Å². The van der Waals surface area contributed by atoms with Gasteiger partial charge in [0.1, 0.15) is 17.2 Å². The quantitative estimate of drug-likeness (QED) is 0.753. The number of rotatable bonds is 1. The summed E-state index contributed by atoms with van der Waals surface area (Å²) in [6.07, 6.45) is 0.226. The number of carbonyl (C=O) groups excluding carboxylic acids is 1. The van der Waals surface area contributed by atoms with Crippen LogP contribution < -0.4 is 4.74 Å². The van der Waals surface area contributed by atoms with E-state index in [1.807, 2.05) is 0 Å². The van der Waals surface area contributed by atoms with Crippen LogP contribution in [0.3, 0.4) is 0 Å². The summed E-state index contributed by atoms with van der Waals surface area (Å²) in [6.45, 7) is 3.28. The van der Waals surface area contributed by atoms with Crippen molar-refractivity contribution in [3.05, 3.63) is 28.8 Å². The first-order valence-corrected chi connectivity index (χ1v) is 7.06. The number of carbonyl (C=O) groups is 1. The van der Waals surface area contributed by atoms with Crippen LogP contribution in [-0.2, 0) is 6.42 Å². The van der Waals surface area contributed by atoms with Gasteiger partial charge in [-0.2, -0.15) is 0 Å². The molecule has 0 heterocycles. The van der Waals surface area contributed by atoms with Gasteiger partial charge in [-0.3, -0.25) is 4.79 Å². The Kier molecular flexibility index (Phi) is 3.07. The molecular formula is C17H18O5. The van der Waals surface area contributed by atoms with Gasteiger partial charge < -0.3 is 20.1 Å². The SMILES string of the molecule is COc1cc2cc3c(c(O)c2c(O)c1C)C(=O)C[C@@](C)(O)C3. The van der Waals surface area contributed by atoms with Crippen molar-refractivity contribution in [1.29, 1.82) is 0 Å². The van der Waals surface area contributed by atoms with Crippen LogP contribution in [0.2, 0.25) is 0 Å². The van der Waals surface area contributed by atoms with E-state index in [1.54, 1.807) is 26.0 Å². The number of aliphatic hydroxyl groups is 1. The number of phenolic OH excluding ortho intramolecular Hbond substituents is 2. The molecule has 0 unspecified atom stereocenters. The maximum Gasteiger partial charge on any atom is 0.169 e. The Hall–Kier alpha value is -2.27. The number of hydrogen-bond acceptors (Lipinski definition) is 5. The van der Waals surface area contributed by atoms with Gasteiger partial charge in [0.15, 0.2) is 5.78 Å². The fourth-order valence-electron chi connectivity index (χ4n) is 3.23. The number of methoxy groups -OCH3 is 1. The number of phenols is 2. The highest BCUT2D eigenvalue weighted by molar-refractivity contribution is 6.09. The Morgan fingerprint density at radius 2 is 1.86 bits per heavy atom. The highest BCUT2D eigenvalue weighted by Gasteiger charge is 2.35. The van der Waals surface area contributed by atoms with Crippen molar-refractivity contribution in [3.63, 3.8) is 0 Å². The number of benzene rings is 2. The standard InChI is InChI=1S/C17H18O5/c1-8-12(22-3)5-9-4-10-6-17(2,21)7-11(18)13(10)16(20)14(9)15(8)19/h4-5,19-21H,6-7H2,1-3H3/t17-/m0/s1. The lowest BCUT2D eigenvalue weighted by atomic mass is 9.79. The van der Waals surface area contributed by atoms with E-state index in [1.165, 1.54) is 7.11 Å². The summed E-state index contributed by atoms with van der Waals surface area (Å²) in [5.41, 5.74) is 0.150. The van der Waals surface area contributed by atoms with E-state index in [9.17, 15) is 20.1 Å². The summed E-state index contributed by atoms with van der Waals surface area (Å²) in [4.78, 5) is 12.3. The third kappa shape index (κ3) is 2.01. The van der Waals surface area contributed by atoms with Crippen molar-refractivity contribution in [1.82, 2.24) is 0 Å². The lowest BCUT2D eigenvalue weighted by Gasteiger charge is -2.30. The van der Waals surface area contributed by atoms with Crippen molar-refractivity contribution >= 4 is 16.6 Å². The second kappa shape index (κ2) is 4.61. The van der Waals surface area contributed by atoms with Gasteiger partial charge >= 0.3 is 0 Å². The average molecular weight is 302 g/mol. The van der Waals surface area contributed by atoms with Crippen LogP contribution in [0, 0.1) is 6.92 Å². The monoisotopic (exact) mass is 302 g/mol. The first kappa shape index (κ1) is 14.7. The van der Waals surface area contributed by atoms with Crippen LogP contribution >= 0.6 is 0 Å². The van der Waals surface area contributed by atoms with Gasteiger partial charge in [-0.15, -0.1) is 0 Å². The molecule has 0 aromatic heterocycles. The smallest absolute Gasteiger partial charge is 0.169 e. The minimum absolute atomic E-state index is 0.0467. The second-order valence-corrected chi connectivity index (χ2v) is 6.18. The molecule has 0 bridgehead atoms. The summed E-state index contributed by atoms with van der Waals surface area (Å²) in [5.74, 6) is -0.146. The molecule has 0 aliphatic heterocycles. The first-order chi connectivity index (χ1) is 10.2. The summed E-state index contributed by atoms with van der Waals surface area (Å²) in [6, 6.07) is 3.43. The number of Topliss-reactive ketones (excluding diaryl/α,β-unsaturated/α-hetero) is 1. The maximum atomic E-state index is 12.3. The predicted octanol–water partition coefficient (Wildman–Crippen LogP) is 2.45. The Morgan fingerprint density at radius 1 is 1.18 bits per heavy atom. The molecule has 1 aliphatic rings. The normalized spacial score (nSPS) is 21.0. The first-order valence-electron chi connectivity index (χ1n) is 7.06. The topological polar surface area (TPSA) is 87.0 Å². The predicted molar refractivity (Wildman–Crippen MR) is 81.8 cm³/mol. The van der Waals surface area contributed by atoms with Gasteiger partial charge in [-0.05, 0) is 36.9 Å². The lowest BCUT2D eigenvalue weighted by molar-refractivity contribution is 0.0409. The number of ether oxygens (including phenoxy) is 1. The molecule has 1 aliphatic carbocycles. The van der Waals surface area contributed by atoms with E-state index in [0.717, 1.165) is 0 Å². The van der Waals surface area contributed by atoms with Crippen LogP contribution in [0.1, 0.15) is 34.8 Å². The molecule has 0 radical (unpaired) electrons. The minimum atomic E-state index is -1.12. The lowest BCUT2D eigenvalue weighted by Crippen LogP contribution is -2.35. The molecule has 0 fully saturated rings. The summed E-state index contributed by atoms with van der Waals surface area (Å²) in [5, 5.41) is 31.8. The molecule has 5 nitrogen and oxygen atoms in total. The molecule has 3 rings (SSSR count). The largest absolute Gasteiger partial charge is 0.507 e. The molecule has 2 aromatic carbocycles. The van der Waals surface area contributed by atoms with Crippen molar-refractivity contribution in [2.75, 3.05) is 7.11 Å². The van der Waals surface area contributed by atoms with Crippen molar-refractivity contribution < 1.29 is 24.9 Å². The number of aromatic hydroxyl groups is 2. The van der Waals surface area contributed by atoms with Crippen LogP contribution in [0.25, 0.3) is 10.8 Å². The number of hydrogen-bond donors (Lipinski definition) is 3. The van der Waals surface area contributed by atoms with Gasteiger partial charge in [-0.25, -0.2) is 0 Å². The highest BCUT2D eigenvalue weighted by atomic mass is 16.5. The molecule has 5 heteroatoms. The zero-order chi connectivity index (χ0) is 16.2. The van der Waals surface area contributed by atoms with Crippen molar-refractivity contribution in [3.8, 4) is 17.2 Å². The Morgan fingerprint density at radius 3 is 2.50 bits per heavy atom. The van der Waals surface area contributed by atoms with E-state index in [2.05, 4.69) is 0 Å². The third-order valence-corrected chi connectivity index (χ3v) is 4.27. The summed E-state index contributed by atoms with van der Waals surface area (Å²) >= 11 is 0. The number of fused-ring (bicyclic) bond motifs is 2.